The second-order valence-corrected chi connectivity index (χ2v) is 8.13. The van der Waals surface area contributed by atoms with Gasteiger partial charge in [0.2, 0.25) is 5.71 Å². The monoisotopic (exact) mass is 461 g/mol. The lowest BCUT2D eigenvalue weighted by molar-refractivity contribution is 0.0904. The maximum Gasteiger partial charge on any atom is 0.255 e. The van der Waals surface area contributed by atoms with Gasteiger partial charge in [0.25, 0.3) is 5.91 Å². The molecule has 1 aromatic rings. The molecule has 32 heavy (non-hydrogen) atoms. The number of nitrogens with zero attached hydrogens (tertiary/aromatic N) is 3. The van der Waals surface area contributed by atoms with E-state index in [1.54, 1.807) is 19.2 Å². The van der Waals surface area contributed by atoms with Crippen LogP contribution in [0.1, 0.15) is 35.2 Å². The van der Waals surface area contributed by atoms with Gasteiger partial charge in [0, 0.05) is 51.4 Å². The molecule has 1 fully saturated rings. The van der Waals surface area contributed by atoms with E-state index < -0.39 is 5.84 Å². The average molecular weight is 462 g/mol. The second kappa shape index (κ2) is 11.1. The number of carbonyl (C=O) groups excluding carboxylic acids is 1. The van der Waals surface area contributed by atoms with Crippen molar-refractivity contribution >= 4 is 34.7 Å². The fraction of sp³-hybridized carbons (Fsp3) is 0.524. The third-order valence-corrected chi connectivity index (χ3v) is 5.86. The highest BCUT2D eigenvalue weighted by atomic mass is 35.5. The van der Waals surface area contributed by atoms with Crippen LogP contribution in [-0.2, 0) is 11.2 Å². The number of likely N-dealkylation sites (tertiary alicyclic amines) is 1. The summed E-state index contributed by atoms with van der Waals surface area (Å²) in [7, 11) is 1.71. The number of carbonyl (C=O) groups is 1. The van der Waals surface area contributed by atoms with Crippen molar-refractivity contribution < 1.29 is 14.3 Å². The lowest BCUT2D eigenvalue weighted by Crippen LogP contribution is -2.45. The first-order chi connectivity index (χ1) is 15.4. The number of benzene rings is 1. The van der Waals surface area contributed by atoms with Crippen LogP contribution >= 0.6 is 11.6 Å². The van der Waals surface area contributed by atoms with E-state index in [1.807, 2.05) is 0 Å². The van der Waals surface area contributed by atoms with Gasteiger partial charge in [-0.05, 0) is 25.3 Å². The summed E-state index contributed by atoms with van der Waals surface area (Å²) in [5, 5.41) is 23.6. The summed E-state index contributed by atoms with van der Waals surface area (Å²) in [5.74, 6) is -0.216. The Morgan fingerprint density at radius 3 is 2.91 bits per heavy atom. The SMILES string of the molecule is COCCCN1CCC(NC(=O)c2cc(Cl)c(N/N=C(\C#N)C(=N)N)c3c2OCC3)CC1. The number of halogens is 1. The molecule has 0 saturated carbocycles. The minimum absolute atomic E-state index is 0.0909. The van der Waals surface area contributed by atoms with Gasteiger partial charge in [-0.15, -0.1) is 0 Å². The third kappa shape index (κ3) is 5.68. The molecule has 10 nitrogen and oxygen atoms in total. The van der Waals surface area contributed by atoms with Gasteiger partial charge >= 0.3 is 0 Å². The van der Waals surface area contributed by atoms with Crippen LogP contribution < -0.4 is 21.2 Å². The number of hydrogen-bond donors (Lipinski definition) is 4. The summed E-state index contributed by atoms with van der Waals surface area (Å²) in [4.78, 5) is 15.4. The first-order valence-corrected chi connectivity index (χ1v) is 10.9. The van der Waals surface area contributed by atoms with Crippen molar-refractivity contribution in [1.29, 1.82) is 10.7 Å². The number of hydrogen-bond acceptors (Lipinski definition) is 8. The predicted molar refractivity (Wildman–Crippen MR) is 123 cm³/mol. The molecule has 2 heterocycles. The number of fused-ring (bicyclic) bond motifs is 1. The van der Waals surface area contributed by atoms with E-state index in [-0.39, 0.29) is 22.7 Å². The van der Waals surface area contributed by atoms with Gasteiger partial charge in [-0.25, -0.2) is 0 Å². The zero-order chi connectivity index (χ0) is 23.1. The van der Waals surface area contributed by atoms with Crippen molar-refractivity contribution in [2.24, 2.45) is 10.8 Å². The van der Waals surface area contributed by atoms with E-state index in [1.165, 1.54) is 0 Å². The van der Waals surface area contributed by atoms with Crippen molar-refractivity contribution in [2.75, 3.05) is 45.4 Å². The number of nitriles is 1. The lowest BCUT2D eigenvalue weighted by Gasteiger charge is -2.32. The molecule has 0 radical (unpaired) electrons. The van der Waals surface area contributed by atoms with E-state index in [0.29, 0.717) is 35.6 Å². The molecule has 1 amide bonds. The second-order valence-electron chi connectivity index (χ2n) is 7.72. The van der Waals surface area contributed by atoms with Crippen LogP contribution in [0.5, 0.6) is 5.75 Å². The molecular formula is C21H28ClN7O3. The van der Waals surface area contributed by atoms with Crippen LogP contribution in [-0.4, -0.2) is 68.4 Å². The minimum atomic E-state index is -0.454. The topological polar surface area (TPSA) is 149 Å². The molecule has 2 aliphatic heterocycles. The summed E-state index contributed by atoms with van der Waals surface area (Å²) in [5.41, 5.74) is 9.30. The van der Waals surface area contributed by atoms with Crippen molar-refractivity contribution in [3.05, 3.63) is 22.2 Å². The quantitative estimate of drug-likeness (QED) is 0.189. The van der Waals surface area contributed by atoms with Crippen LogP contribution in [0.15, 0.2) is 11.2 Å². The summed E-state index contributed by atoms with van der Waals surface area (Å²) in [6, 6.07) is 3.37. The molecule has 0 aromatic heterocycles. The van der Waals surface area contributed by atoms with E-state index in [9.17, 15) is 4.79 Å². The van der Waals surface area contributed by atoms with Gasteiger partial charge in [0.15, 0.2) is 5.84 Å². The number of piperidine rings is 1. The van der Waals surface area contributed by atoms with Crippen molar-refractivity contribution in [2.45, 2.75) is 31.7 Å². The average Bonchev–Trinajstić information content (AvgIpc) is 3.26. The first kappa shape index (κ1) is 23.8. The molecule has 2 aliphatic rings. The summed E-state index contributed by atoms with van der Waals surface area (Å²) >= 11 is 6.43. The molecule has 0 atom stereocenters. The Hall–Kier alpha value is -2.87. The van der Waals surface area contributed by atoms with Crippen LogP contribution in [0.2, 0.25) is 5.02 Å². The van der Waals surface area contributed by atoms with Crippen molar-refractivity contribution in [3.63, 3.8) is 0 Å². The highest BCUT2D eigenvalue weighted by Crippen LogP contribution is 2.40. The van der Waals surface area contributed by atoms with Gasteiger partial charge in [-0.2, -0.15) is 10.4 Å². The molecule has 0 spiro atoms. The first-order valence-electron chi connectivity index (χ1n) is 10.5. The number of anilines is 1. The molecule has 1 aromatic carbocycles. The fourth-order valence-electron chi connectivity index (χ4n) is 3.89. The molecular weight excluding hydrogens is 434 g/mol. The molecule has 172 valence electrons. The highest BCUT2D eigenvalue weighted by molar-refractivity contribution is 6.46. The van der Waals surface area contributed by atoms with E-state index in [2.05, 4.69) is 20.7 Å². The predicted octanol–water partition coefficient (Wildman–Crippen LogP) is 1.73. The Balaban J connectivity index is 1.68. The zero-order valence-electron chi connectivity index (χ0n) is 18.0. The number of amidine groups is 1. The fourth-order valence-corrected chi connectivity index (χ4v) is 4.15. The van der Waals surface area contributed by atoms with Gasteiger partial charge in [0.1, 0.15) is 11.8 Å². The summed E-state index contributed by atoms with van der Waals surface area (Å²) < 4.78 is 10.8. The van der Waals surface area contributed by atoms with Gasteiger partial charge in [0.05, 0.1) is 22.9 Å². The molecule has 0 unspecified atom stereocenters. The Kier molecular flexibility index (Phi) is 8.27. The zero-order valence-corrected chi connectivity index (χ0v) is 18.8. The van der Waals surface area contributed by atoms with Crippen molar-refractivity contribution in [1.82, 2.24) is 10.2 Å². The van der Waals surface area contributed by atoms with E-state index >= 15 is 0 Å². The molecule has 1 saturated heterocycles. The smallest absolute Gasteiger partial charge is 0.255 e. The van der Waals surface area contributed by atoms with Gasteiger partial charge in [-0.3, -0.25) is 15.6 Å². The Bertz CT molecular complexity index is 936. The number of ether oxygens (including phenoxy) is 2. The summed E-state index contributed by atoms with van der Waals surface area (Å²) in [6.45, 7) is 4.03. The van der Waals surface area contributed by atoms with Gasteiger partial charge < -0.3 is 25.4 Å². The van der Waals surface area contributed by atoms with Crippen molar-refractivity contribution in [3.8, 4) is 11.8 Å². The van der Waals surface area contributed by atoms with Crippen LogP contribution in [0, 0.1) is 16.7 Å². The Morgan fingerprint density at radius 2 is 2.25 bits per heavy atom. The number of methoxy groups -OCH3 is 1. The van der Waals surface area contributed by atoms with E-state index in [4.69, 9.17) is 37.5 Å². The maximum atomic E-state index is 13.0. The molecule has 0 bridgehead atoms. The van der Waals surface area contributed by atoms with Gasteiger partial charge in [-0.1, -0.05) is 11.6 Å². The molecule has 3 rings (SSSR count). The van der Waals surface area contributed by atoms with Crippen LogP contribution in [0.25, 0.3) is 0 Å². The van der Waals surface area contributed by atoms with E-state index in [0.717, 1.165) is 45.5 Å². The minimum Gasteiger partial charge on any atom is -0.492 e. The lowest BCUT2D eigenvalue weighted by atomic mass is 10.0. The standard InChI is InChI=1S/C21H28ClN7O3/c1-31-9-2-6-29-7-3-13(4-8-29)26-21(30)15-11-16(22)18(14-5-10-32-19(14)15)28-27-17(12-23)20(24)25/h11,13,28H,2-10H2,1H3,(H3,24,25)(H,26,30)/b27-17+. The van der Waals surface area contributed by atoms with Crippen LogP contribution in [0.4, 0.5) is 5.69 Å². The molecule has 0 aliphatic carbocycles. The number of hydrazone groups is 1. The van der Waals surface area contributed by atoms with Crippen LogP contribution in [0.3, 0.4) is 0 Å². The normalized spacial score (nSPS) is 16.7. The molecule has 11 heteroatoms. The Labute approximate surface area is 192 Å². The third-order valence-electron chi connectivity index (χ3n) is 5.56. The largest absolute Gasteiger partial charge is 0.492 e. The number of nitrogens with two attached hydrogens (primary N) is 1. The number of rotatable bonds is 9. The number of amides is 1. The maximum absolute atomic E-state index is 13.0. The number of nitrogens with one attached hydrogen (secondary N) is 3. The Morgan fingerprint density at radius 1 is 1.50 bits per heavy atom. The summed E-state index contributed by atoms with van der Waals surface area (Å²) in [6.07, 6.45) is 3.30. The molecule has 5 N–H and O–H groups in total. The highest BCUT2D eigenvalue weighted by Gasteiger charge is 2.28.